The SMILES string of the molecule is Clc1cnc2ccc(C=CCBr)cc2n1. The summed E-state index contributed by atoms with van der Waals surface area (Å²) in [4.78, 5) is 8.38. The number of fused-ring (bicyclic) bond motifs is 1. The van der Waals surface area contributed by atoms with Crippen LogP contribution in [0.1, 0.15) is 5.56 Å². The monoisotopic (exact) mass is 282 g/mol. The summed E-state index contributed by atoms with van der Waals surface area (Å²) in [5.41, 5.74) is 2.77. The third-order valence-electron chi connectivity index (χ3n) is 1.94. The van der Waals surface area contributed by atoms with E-state index in [0.717, 1.165) is 21.9 Å². The van der Waals surface area contributed by atoms with Gasteiger partial charge in [-0.2, -0.15) is 0 Å². The van der Waals surface area contributed by atoms with Gasteiger partial charge >= 0.3 is 0 Å². The van der Waals surface area contributed by atoms with E-state index < -0.39 is 0 Å². The Kier molecular flexibility index (Phi) is 3.34. The van der Waals surface area contributed by atoms with E-state index in [4.69, 9.17) is 11.6 Å². The summed E-state index contributed by atoms with van der Waals surface area (Å²) < 4.78 is 0. The lowest BCUT2D eigenvalue weighted by atomic mass is 10.2. The van der Waals surface area contributed by atoms with Crippen LogP contribution in [-0.4, -0.2) is 15.3 Å². The van der Waals surface area contributed by atoms with Crippen molar-refractivity contribution in [1.29, 1.82) is 0 Å². The van der Waals surface area contributed by atoms with Crippen molar-refractivity contribution in [3.63, 3.8) is 0 Å². The number of alkyl halides is 1. The molecule has 0 amide bonds. The largest absolute Gasteiger partial charge is 0.251 e. The Balaban J connectivity index is 2.49. The van der Waals surface area contributed by atoms with Crippen LogP contribution in [0.5, 0.6) is 0 Å². The highest BCUT2D eigenvalue weighted by Gasteiger charge is 1.97. The standard InChI is InChI=1S/C11H8BrClN2/c12-5-1-2-8-3-4-9-10(6-8)15-11(13)7-14-9/h1-4,6-7H,5H2. The molecule has 2 nitrogen and oxygen atoms in total. The van der Waals surface area contributed by atoms with E-state index in [1.165, 1.54) is 0 Å². The van der Waals surface area contributed by atoms with Gasteiger partial charge in [-0.25, -0.2) is 4.98 Å². The van der Waals surface area contributed by atoms with E-state index in [1.807, 2.05) is 30.4 Å². The number of benzene rings is 1. The number of halogens is 2. The molecular weight excluding hydrogens is 275 g/mol. The van der Waals surface area contributed by atoms with Crippen LogP contribution in [0.4, 0.5) is 0 Å². The van der Waals surface area contributed by atoms with Crippen molar-refractivity contribution in [2.45, 2.75) is 0 Å². The summed E-state index contributed by atoms with van der Waals surface area (Å²) in [6.07, 6.45) is 5.60. The Hall–Kier alpha value is -0.930. The molecule has 0 spiro atoms. The van der Waals surface area contributed by atoms with Gasteiger partial charge in [0.1, 0.15) is 5.15 Å². The van der Waals surface area contributed by atoms with Crippen LogP contribution in [0.15, 0.2) is 30.5 Å². The molecule has 0 aliphatic rings. The molecule has 0 saturated carbocycles. The molecule has 0 fully saturated rings. The third-order valence-corrected chi connectivity index (χ3v) is 2.49. The van der Waals surface area contributed by atoms with Crippen LogP contribution in [0.25, 0.3) is 17.1 Å². The maximum atomic E-state index is 5.78. The fourth-order valence-corrected chi connectivity index (χ4v) is 1.62. The molecule has 0 atom stereocenters. The molecule has 0 bridgehead atoms. The van der Waals surface area contributed by atoms with Gasteiger partial charge in [-0.1, -0.05) is 45.7 Å². The number of allylic oxidation sites excluding steroid dienone is 1. The zero-order valence-electron chi connectivity index (χ0n) is 7.82. The molecule has 0 aliphatic carbocycles. The van der Waals surface area contributed by atoms with Crippen molar-refractivity contribution >= 4 is 44.6 Å². The minimum atomic E-state index is 0.420. The average Bonchev–Trinajstić information content (AvgIpc) is 2.25. The van der Waals surface area contributed by atoms with Gasteiger partial charge in [0, 0.05) is 5.33 Å². The second-order valence-corrected chi connectivity index (χ2v) is 4.03. The Morgan fingerprint density at radius 3 is 3.00 bits per heavy atom. The molecule has 1 heterocycles. The van der Waals surface area contributed by atoms with Crippen LogP contribution in [-0.2, 0) is 0 Å². The quantitative estimate of drug-likeness (QED) is 0.786. The smallest absolute Gasteiger partial charge is 0.148 e. The topological polar surface area (TPSA) is 25.8 Å². The van der Waals surface area contributed by atoms with E-state index in [-0.39, 0.29) is 0 Å². The van der Waals surface area contributed by atoms with Crippen LogP contribution >= 0.6 is 27.5 Å². The maximum absolute atomic E-state index is 5.78. The van der Waals surface area contributed by atoms with E-state index >= 15 is 0 Å². The summed E-state index contributed by atoms with van der Waals surface area (Å²) in [6, 6.07) is 5.91. The van der Waals surface area contributed by atoms with Gasteiger partial charge in [-0.3, -0.25) is 4.98 Å². The van der Waals surface area contributed by atoms with Crippen LogP contribution < -0.4 is 0 Å². The van der Waals surface area contributed by atoms with Gasteiger partial charge in [0.15, 0.2) is 0 Å². The van der Waals surface area contributed by atoms with E-state index in [2.05, 4.69) is 25.9 Å². The predicted molar refractivity (Wildman–Crippen MR) is 67.4 cm³/mol. The Morgan fingerprint density at radius 1 is 1.33 bits per heavy atom. The van der Waals surface area contributed by atoms with Crippen molar-refractivity contribution in [3.05, 3.63) is 41.2 Å². The van der Waals surface area contributed by atoms with Crippen LogP contribution in [0.3, 0.4) is 0 Å². The molecule has 76 valence electrons. The van der Waals surface area contributed by atoms with Gasteiger partial charge in [0.25, 0.3) is 0 Å². The van der Waals surface area contributed by atoms with Crippen molar-refractivity contribution in [1.82, 2.24) is 9.97 Å². The molecule has 15 heavy (non-hydrogen) atoms. The minimum absolute atomic E-state index is 0.420. The first kappa shape index (κ1) is 10.6. The molecule has 1 aromatic heterocycles. The molecule has 2 aromatic rings. The molecule has 0 radical (unpaired) electrons. The summed E-state index contributed by atoms with van der Waals surface area (Å²) in [5.74, 6) is 0. The Morgan fingerprint density at radius 2 is 2.20 bits per heavy atom. The molecule has 0 aliphatic heterocycles. The van der Waals surface area contributed by atoms with Crippen molar-refractivity contribution in [2.75, 3.05) is 5.33 Å². The average molecular weight is 284 g/mol. The zero-order chi connectivity index (χ0) is 10.7. The lowest BCUT2D eigenvalue weighted by Crippen LogP contribution is -1.84. The van der Waals surface area contributed by atoms with Crippen molar-refractivity contribution in [3.8, 4) is 0 Å². The minimum Gasteiger partial charge on any atom is -0.251 e. The van der Waals surface area contributed by atoms with Crippen molar-refractivity contribution < 1.29 is 0 Å². The summed E-state index contributed by atoms with van der Waals surface area (Å²) >= 11 is 9.11. The summed E-state index contributed by atoms with van der Waals surface area (Å²) in [6.45, 7) is 0. The molecule has 1 aromatic carbocycles. The third kappa shape index (κ3) is 2.55. The normalized spacial score (nSPS) is 11.3. The molecule has 4 heteroatoms. The molecule has 0 saturated heterocycles. The number of nitrogens with zero attached hydrogens (tertiary/aromatic N) is 2. The maximum Gasteiger partial charge on any atom is 0.148 e. The number of hydrogen-bond donors (Lipinski definition) is 0. The fourth-order valence-electron chi connectivity index (χ4n) is 1.29. The molecule has 0 unspecified atom stereocenters. The summed E-state index contributed by atoms with van der Waals surface area (Å²) in [7, 11) is 0. The van der Waals surface area contributed by atoms with Gasteiger partial charge in [0.2, 0.25) is 0 Å². The fraction of sp³-hybridized carbons (Fsp3) is 0.0909. The summed E-state index contributed by atoms with van der Waals surface area (Å²) in [5, 5.41) is 1.26. The van der Waals surface area contributed by atoms with Crippen LogP contribution in [0, 0.1) is 0 Å². The zero-order valence-corrected chi connectivity index (χ0v) is 10.2. The first-order chi connectivity index (χ1) is 7.29. The molecule has 0 N–H and O–H groups in total. The van der Waals surface area contributed by atoms with Gasteiger partial charge in [-0.05, 0) is 17.7 Å². The Bertz CT molecular complexity index is 511. The highest BCUT2D eigenvalue weighted by molar-refractivity contribution is 9.09. The second kappa shape index (κ2) is 4.73. The molecule has 2 rings (SSSR count). The second-order valence-electron chi connectivity index (χ2n) is 3.00. The first-order valence-electron chi connectivity index (χ1n) is 4.44. The van der Waals surface area contributed by atoms with Gasteiger partial charge in [0.05, 0.1) is 17.2 Å². The highest BCUT2D eigenvalue weighted by atomic mass is 79.9. The number of hydrogen-bond acceptors (Lipinski definition) is 2. The van der Waals surface area contributed by atoms with Crippen LogP contribution in [0.2, 0.25) is 5.15 Å². The Labute approximate surface area is 101 Å². The lowest BCUT2D eigenvalue weighted by Gasteiger charge is -1.98. The lowest BCUT2D eigenvalue weighted by molar-refractivity contribution is 1.29. The van der Waals surface area contributed by atoms with Crippen molar-refractivity contribution in [2.24, 2.45) is 0 Å². The number of aromatic nitrogens is 2. The van der Waals surface area contributed by atoms with Gasteiger partial charge < -0.3 is 0 Å². The highest BCUT2D eigenvalue weighted by Crippen LogP contribution is 2.15. The first-order valence-corrected chi connectivity index (χ1v) is 5.94. The number of rotatable bonds is 2. The van der Waals surface area contributed by atoms with Gasteiger partial charge in [-0.15, -0.1) is 0 Å². The van der Waals surface area contributed by atoms with E-state index in [9.17, 15) is 0 Å². The predicted octanol–water partition coefficient (Wildman–Crippen LogP) is 3.69. The van der Waals surface area contributed by atoms with E-state index in [0.29, 0.717) is 5.15 Å². The molecular formula is C11H8BrClN2. The van der Waals surface area contributed by atoms with E-state index in [1.54, 1.807) is 6.20 Å².